The standard InChI is InChI=1S/C8H17N3O5/c1-4(13)11-5(2-10-9)7(15)8(16)6(14)3-12/h2,5-8,12,14-16H,3,9H2,1H3,(H,11,13)/t5-,6+,7+,8+/m0/s1. The molecule has 0 aromatic carbocycles. The lowest BCUT2D eigenvalue weighted by Crippen LogP contribution is -2.53. The minimum atomic E-state index is -1.63. The molecule has 0 bridgehead atoms. The minimum absolute atomic E-state index is 0.463. The van der Waals surface area contributed by atoms with Gasteiger partial charge in [-0.2, -0.15) is 5.10 Å². The molecule has 0 aromatic heterocycles. The van der Waals surface area contributed by atoms with Gasteiger partial charge in [-0.3, -0.25) is 4.79 Å². The Balaban J connectivity index is 4.59. The van der Waals surface area contributed by atoms with E-state index < -0.39 is 36.9 Å². The molecule has 8 nitrogen and oxygen atoms in total. The van der Waals surface area contributed by atoms with Crippen LogP contribution in [0.15, 0.2) is 5.10 Å². The second-order valence-electron chi connectivity index (χ2n) is 3.26. The summed E-state index contributed by atoms with van der Waals surface area (Å²) in [6, 6.07) is -1.04. The van der Waals surface area contributed by atoms with Crippen LogP contribution in [0.3, 0.4) is 0 Å². The fourth-order valence-electron chi connectivity index (χ4n) is 1.09. The summed E-state index contributed by atoms with van der Waals surface area (Å²) in [6.45, 7) is 0.490. The summed E-state index contributed by atoms with van der Waals surface area (Å²) in [5.41, 5.74) is 0. The van der Waals surface area contributed by atoms with Gasteiger partial charge in [-0.05, 0) is 0 Å². The van der Waals surface area contributed by atoms with Crippen LogP contribution in [0.5, 0.6) is 0 Å². The Morgan fingerprint density at radius 1 is 1.44 bits per heavy atom. The summed E-state index contributed by atoms with van der Waals surface area (Å²) in [6.07, 6.45) is -3.66. The van der Waals surface area contributed by atoms with Gasteiger partial charge in [-0.25, -0.2) is 0 Å². The molecule has 0 aromatic rings. The Bertz CT molecular complexity index is 248. The molecule has 1 amide bonds. The number of nitrogens with one attached hydrogen (secondary N) is 1. The van der Waals surface area contributed by atoms with Crippen LogP contribution in [0, 0.1) is 0 Å². The van der Waals surface area contributed by atoms with Crippen molar-refractivity contribution in [3.05, 3.63) is 0 Å². The lowest BCUT2D eigenvalue weighted by Gasteiger charge is -2.26. The zero-order valence-electron chi connectivity index (χ0n) is 8.82. The number of hydrazone groups is 1. The van der Waals surface area contributed by atoms with Crippen LogP contribution in [0.25, 0.3) is 0 Å². The Hall–Kier alpha value is -1.22. The third-order valence-corrected chi connectivity index (χ3v) is 1.92. The molecule has 8 heteroatoms. The van der Waals surface area contributed by atoms with Crippen molar-refractivity contribution >= 4 is 12.1 Å². The van der Waals surface area contributed by atoms with Crippen LogP contribution < -0.4 is 11.2 Å². The molecule has 0 rings (SSSR count). The van der Waals surface area contributed by atoms with Gasteiger partial charge in [0.05, 0.1) is 12.6 Å². The topological polar surface area (TPSA) is 148 Å². The quantitative estimate of drug-likeness (QED) is 0.160. The summed E-state index contributed by atoms with van der Waals surface area (Å²) in [7, 11) is 0. The predicted molar refractivity (Wildman–Crippen MR) is 55.4 cm³/mol. The van der Waals surface area contributed by atoms with E-state index in [2.05, 4.69) is 10.4 Å². The molecule has 0 heterocycles. The van der Waals surface area contributed by atoms with Crippen molar-refractivity contribution in [3.63, 3.8) is 0 Å². The van der Waals surface area contributed by atoms with Crippen LogP contribution in [0.1, 0.15) is 6.92 Å². The van der Waals surface area contributed by atoms with Crippen molar-refractivity contribution in [2.24, 2.45) is 10.9 Å². The number of carbonyl (C=O) groups is 1. The maximum atomic E-state index is 10.8. The molecule has 0 fully saturated rings. The van der Waals surface area contributed by atoms with Crippen LogP contribution >= 0.6 is 0 Å². The molecule has 7 N–H and O–H groups in total. The van der Waals surface area contributed by atoms with Crippen molar-refractivity contribution in [1.82, 2.24) is 5.32 Å². The van der Waals surface area contributed by atoms with Crippen molar-refractivity contribution in [3.8, 4) is 0 Å². The molecular formula is C8H17N3O5. The Morgan fingerprint density at radius 3 is 2.38 bits per heavy atom. The summed E-state index contributed by atoms with van der Waals surface area (Å²) in [5.74, 6) is 4.40. The third kappa shape index (κ3) is 4.53. The number of nitrogens with two attached hydrogens (primary N) is 1. The Morgan fingerprint density at radius 2 is 2.00 bits per heavy atom. The van der Waals surface area contributed by atoms with Gasteiger partial charge in [0.15, 0.2) is 0 Å². The molecule has 0 radical (unpaired) electrons. The fraction of sp³-hybridized carbons (Fsp3) is 0.750. The van der Waals surface area contributed by atoms with Crippen LogP contribution in [-0.2, 0) is 4.79 Å². The highest BCUT2D eigenvalue weighted by Crippen LogP contribution is 2.04. The monoisotopic (exact) mass is 235 g/mol. The first-order valence-corrected chi connectivity index (χ1v) is 4.59. The molecule has 0 unspecified atom stereocenters. The number of hydrogen-bond donors (Lipinski definition) is 6. The van der Waals surface area contributed by atoms with E-state index in [0.29, 0.717) is 0 Å². The average Bonchev–Trinajstić information content (AvgIpc) is 2.24. The highest BCUT2D eigenvalue weighted by Gasteiger charge is 2.30. The average molecular weight is 235 g/mol. The van der Waals surface area contributed by atoms with Crippen molar-refractivity contribution in [2.75, 3.05) is 6.61 Å². The molecule has 0 aliphatic rings. The molecule has 16 heavy (non-hydrogen) atoms. The van der Waals surface area contributed by atoms with E-state index >= 15 is 0 Å². The first kappa shape index (κ1) is 14.8. The van der Waals surface area contributed by atoms with Gasteiger partial charge < -0.3 is 31.6 Å². The number of rotatable bonds is 6. The van der Waals surface area contributed by atoms with E-state index in [9.17, 15) is 15.0 Å². The number of aliphatic hydroxyl groups is 4. The molecule has 0 saturated heterocycles. The highest BCUT2D eigenvalue weighted by molar-refractivity contribution is 5.78. The van der Waals surface area contributed by atoms with E-state index in [1.165, 1.54) is 6.92 Å². The maximum absolute atomic E-state index is 10.8. The number of aliphatic hydroxyl groups excluding tert-OH is 4. The van der Waals surface area contributed by atoms with Crippen LogP contribution in [-0.4, -0.2) is 63.5 Å². The van der Waals surface area contributed by atoms with E-state index in [-0.39, 0.29) is 0 Å². The van der Waals surface area contributed by atoms with Crippen LogP contribution in [0.2, 0.25) is 0 Å². The van der Waals surface area contributed by atoms with Gasteiger partial charge >= 0.3 is 0 Å². The van der Waals surface area contributed by atoms with E-state index in [0.717, 1.165) is 6.21 Å². The zero-order chi connectivity index (χ0) is 12.7. The third-order valence-electron chi connectivity index (χ3n) is 1.92. The first-order chi connectivity index (χ1) is 7.43. The second-order valence-corrected chi connectivity index (χ2v) is 3.26. The summed E-state index contributed by atoms with van der Waals surface area (Å²) in [4.78, 5) is 10.8. The number of carbonyl (C=O) groups excluding carboxylic acids is 1. The maximum Gasteiger partial charge on any atom is 0.217 e. The molecule has 4 atom stereocenters. The van der Waals surface area contributed by atoms with E-state index in [4.69, 9.17) is 16.1 Å². The minimum Gasteiger partial charge on any atom is -0.394 e. The fourth-order valence-corrected chi connectivity index (χ4v) is 1.09. The zero-order valence-corrected chi connectivity index (χ0v) is 8.82. The summed E-state index contributed by atoms with van der Waals surface area (Å²) >= 11 is 0. The number of hydrogen-bond acceptors (Lipinski definition) is 7. The van der Waals surface area contributed by atoms with E-state index in [1.54, 1.807) is 0 Å². The lowest BCUT2D eigenvalue weighted by atomic mass is 10.0. The summed E-state index contributed by atoms with van der Waals surface area (Å²) < 4.78 is 0. The largest absolute Gasteiger partial charge is 0.394 e. The Labute approximate surface area is 92.4 Å². The smallest absolute Gasteiger partial charge is 0.217 e. The van der Waals surface area contributed by atoms with Gasteiger partial charge in [0.25, 0.3) is 0 Å². The molecule has 94 valence electrons. The van der Waals surface area contributed by atoms with Crippen molar-refractivity contribution < 1.29 is 25.2 Å². The normalized spacial score (nSPS) is 19.1. The molecule has 0 aliphatic carbocycles. The predicted octanol–water partition coefficient (Wildman–Crippen LogP) is -3.49. The molecular weight excluding hydrogens is 218 g/mol. The van der Waals surface area contributed by atoms with Gasteiger partial charge in [0, 0.05) is 13.1 Å². The molecule has 0 saturated carbocycles. The van der Waals surface area contributed by atoms with Crippen molar-refractivity contribution in [1.29, 1.82) is 0 Å². The van der Waals surface area contributed by atoms with Gasteiger partial charge in [0.2, 0.25) is 5.91 Å². The van der Waals surface area contributed by atoms with E-state index in [1.807, 2.05) is 0 Å². The molecule has 0 spiro atoms. The second kappa shape index (κ2) is 7.12. The van der Waals surface area contributed by atoms with Gasteiger partial charge in [-0.15, -0.1) is 0 Å². The Kier molecular flexibility index (Phi) is 6.58. The highest BCUT2D eigenvalue weighted by atomic mass is 16.4. The van der Waals surface area contributed by atoms with Crippen LogP contribution in [0.4, 0.5) is 0 Å². The van der Waals surface area contributed by atoms with Gasteiger partial charge in [-0.1, -0.05) is 0 Å². The van der Waals surface area contributed by atoms with Gasteiger partial charge in [0.1, 0.15) is 18.3 Å². The molecule has 0 aliphatic heterocycles. The number of amides is 1. The number of nitrogens with zero attached hydrogens (tertiary/aromatic N) is 1. The lowest BCUT2D eigenvalue weighted by molar-refractivity contribution is -0.121. The van der Waals surface area contributed by atoms with Crippen molar-refractivity contribution in [2.45, 2.75) is 31.3 Å². The first-order valence-electron chi connectivity index (χ1n) is 4.59. The summed E-state index contributed by atoms with van der Waals surface area (Å²) in [5, 5.41) is 42.0. The SMILES string of the molecule is CC(=O)N[C@@H](C=NN)[C@@H](O)[C@H](O)[C@H](O)CO.